The maximum absolute atomic E-state index is 13.1. The summed E-state index contributed by atoms with van der Waals surface area (Å²) < 4.78 is 18.2. The Hall–Kier alpha value is -3.29. The molecule has 0 bridgehead atoms. The van der Waals surface area contributed by atoms with Gasteiger partial charge in [0.2, 0.25) is 0 Å². The third kappa shape index (κ3) is 3.54. The van der Waals surface area contributed by atoms with Crippen LogP contribution in [0.5, 0.6) is 5.75 Å². The van der Waals surface area contributed by atoms with Crippen LogP contribution in [0.15, 0.2) is 47.1 Å². The molecule has 0 atom stereocenters. The van der Waals surface area contributed by atoms with Crippen LogP contribution in [0, 0.1) is 5.82 Å². The maximum Gasteiger partial charge on any atom is 0.276 e. The highest BCUT2D eigenvalue weighted by Crippen LogP contribution is 2.17. The Morgan fingerprint density at radius 1 is 1.29 bits per heavy atom. The number of rotatable bonds is 5. The minimum Gasteiger partial charge on any atom is -0.507 e. The number of carbonyl (C=O) groups is 1. The molecule has 0 aliphatic heterocycles. The number of amides is 1. The fraction of sp³-hybridized carbons (Fsp3) is 0.125. The molecule has 0 radical (unpaired) electrons. The van der Waals surface area contributed by atoms with Crippen molar-refractivity contribution < 1.29 is 18.8 Å². The van der Waals surface area contributed by atoms with Crippen molar-refractivity contribution in [1.29, 1.82) is 0 Å². The van der Waals surface area contributed by atoms with E-state index in [1.54, 1.807) is 24.4 Å². The summed E-state index contributed by atoms with van der Waals surface area (Å²) in [6.07, 6.45) is 1.93. The van der Waals surface area contributed by atoms with Crippen molar-refractivity contribution in [3.05, 3.63) is 59.8 Å². The van der Waals surface area contributed by atoms with Crippen molar-refractivity contribution in [2.45, 2.75) is 6.42 Å². The zero-order valence-corrected chi connectivity index (χ0v) is 12.4. The van der Waals surface area contributed by atoms with Crippen LogP contribution in [0.3, 0.4) is 0 Å². The van der Waals surface area contributed by atoms with Crippen LogP contribution in [0.1, 0.15) is 16.2 Å². The molecular formula is C16H13FN4O3. The van der Waals surface area contributed by atoms with E-state index in [9.17, 15) is 14.3 Å². The number of halogens is 1. The second-order valence-electron chi connectivity index (χ2n) is 4.90. The Balaban J connectivity index is 1.58. The predicted molar refractivity (Wildman–Crippen MR) is 81.6 cm³/mol. The van der Waals surface area contributed by atoms with Crippen LogP contribution in [0.25, 0.3) is 11.6 Å². The summed E-state index contributed by atoms with van der Waals surface area (Å²) in [4.78, 5) is 20.2. The molecule has 0 unspecified atom stereocenters. The molecule has 3 aromatic rings. The number of hydrogen-bond donors (Lipinski definition) is 2. The van der Waals surface area contributed by atoms with E-state index in [4.69, 9.17) is 4.52 Å². The third-order valence-corrected chi connectivity index (χ3v) is 3.19. The number of carbonyl (C=O) groups excluding carboxylic acids is 1. The van der Waals surface area contributed by atoms with Gasteiger partial charge in [0.05, 0.1) is 5.56 Å². The van der Waals surface area contributed by atoms with Gasteiger partial charge in [-0.3, -0.25) is 9.78 Å². The van der Waals surface area contributed by atoms with Crippen LogP contribution in [0.4, 0.5) is 4.39 Å². The lowest BCUT2D eigenvalue weighted by molar-refractivity contribution is 0.0950. The minimum atomic E-state index is -0.601. The van der Waals surface area contributed by atoms with E-state index in [0.29, 0.717) is 23.8 Å². The van der Waals surface area contributed by atoms with E-state index in [-0.39, 0.29) is 17.9 Å². The van der Waals surface area contributed by atoms with Crippen LogP contribution in [0.2, 0.25) is 0 Å². The van der Waals surface area contributed by atoms with Gasteiger partial charge in [0.25, 0.3) is 11.8 Å². The Labute approximate surface area is 136 Å². The molecule has 2 heterocycles. The summed E-state index contributed by atoms with van der Waals surface area (Å²) in [6.45, 7) is 0.204. The summed E-state index contributed by atoms with van der Waals surface area (Å²) in [5.74, 6) is -0.776. The maximum atomic E-state index is 13.1. The number of benzene rings is 1. The molecule has 0 saturated carbocycles. The summed E-state index contributed by atoms with van der Waals surface area (Å²) >= 11 is 0. The lowest BCUT2D eigenvalue weighted by Crippen LogP contribution is -2.26. The molecule has 1 amide bonds. The second kappa shape index (κ2) is 6.86. The Morgan fingerprint density at radius 2 is 2.17 bits per heavy atom. The summed E-state index contributed by atoms with van der Waals surface area (Å²) in [6, 6.07) is 8.49. The molecule has 8 heteroatoms. The number of hydrogen-bond acceptors (Lipinski definition) is 6. The zero-order valence-electron chi connectivity index (χ0n) is 12.4. The average Bonchev–Trinajstić information content (AvgIpc) is 3.06. The first kappa shape index (κ1) is 15.6. The van der Waals surface area contributed by atoms with E-state index >= 15 is 0 Å². The largest absolute Gasteiger partial charge is 0.507 e. The Morgan fingerprint density at radius 3 is 2.96 bits per heavy atom. The normalized spacial score (nSPS) is 10.5. The number of aromatic nitrogens is 3. The monoisotopic (exact) mass is 328 g/mol. The average molecular weight is 328 g/mol. The first-order valence-corrected chi connectivity index (χ1v) is 7.14. The van der Waals surface area contributed by atoms with E-state index in [1.807, 2.05) is 0 Å². The van der Waals surface area contributed by atoms with Crippen molar-refractivity contribution in [2.24, 2.45) is 0 Å². The van der Waals surface area contributed by atoms with Gasteiger partial charge in [-0.25, -0.2) is 4.39 Å². The van der Waals surface area contributed by atoms with Gasteiger partial charge in [-0.05, 0) is 30.3 Å². The van der Waals surface area contributed by atoms with Crippen LogP contribution in [-0.4, -0.2) is 32.7 Å². The molecule has 0 aliphatic rings. The highest BCUT2D eigenvalue weighted by molar-refractivity contribution is 5.96. The molecule has 2 aromatic heterocycles. The molecule has 24 heavy (non-hydrogen) atoms. The molecular weight excluding hydrogens is 315 g/mol. The van der Waals surface area contributed by atoms with E-state index < -0.39 is 11.7 Å². The topological polar surface area (TPSA) is 101 Å². The minimum absolute atomic E-state index is 0.128. The van der Waals surface area contributed by atoms with E-state index in [0.717, 1.165) is 18.2 Å². The molecule has 122 valence electrons. The smallest absolute Gasteiger partial charge is 0.276 e. The van der Waals surface area contributed by atoms with Gasteiger partial charge in [-0.2, -0.15) is 4.98 Å². The second-order valence-corrected chi connectivity index (χ2v) is 4.90. The van der Waals surface area contributed by atoms with Crippen molar-refractivity contribution in [1.82, 2.24) is 20.4 Å². The van der Waals surface area contributed by atoms with Crippen LogP contribution >= 0.6 is 0 Å². The van der Waals surface area contributed by atoms with Gasteiger partial charge in [-0.1, -0.05) is 11.2 Å². The summed E-state index contributed by atoms with van der Waals surface area (Å²) in [5.41, 5.74) is 0.433. The van der Waals surface area contributed by atoms with Crippen molar-refractivity contribution in [3.8, 4) is 17.3 Å². The van der Waals surface area contributed by atoms with Crippen LogP contribution in [-0.2, 0) is 6.42 Å². The summed E-state index contributed by atoms with van der Waals surface area (Å²) in [7, 11) is 0. The number of nitrogens with one attached hydrogen (secondary N) is 1. The molecule has 7 nitrogen and oxygen atoms in total. The van der Waals surface area contributed by atoms with Gasteiger partial charge in [0.1, 0.15) is 17.3 Å². The van der Waals surface area contributed by atoms with Crippen molar-refractivity contribution in [3.63, 3.8) is 0 Å². The van der Waals surface area contributed by atoms with E-state index in [1.165, 1.54) is 0 Å². The SMILES string of the molecule is O=C(NCCc1noc(-c2ccccn2)n1)c1cc(F)ccc1O. The van der Waals surface area contributed by atoms with E-state index in [2.05, 4.69) is 20.4 Å². The first-order valence-electron chi connectivity index (χ1n) is 7.14. The highest BCUT2D eigenvalue weighted by Gasteiger charge is 2.13. The fourth-order valence-electron chi connectivity index (χ4n) is 2.02. The molecule has 2 N–H and O–H groups in total. The molecule has 3 rings (SSSR count). The standard InChI is InChI=1S/C16H13FN4O3/c17-10-4-5-13(22)11(9-10)15(23)19-8-6-14-20-16(24-21-14)12-3-1-2-7-18-12/h1-5,7,9,22H,6,8H2,(H,19,23). The van der Waals surface area contributed by atoms with Gasteiger partial charge in [-0.15, -0.1) is 0 Å². The zero-order chi connectivity index (χ0) is 16.9. The fourth-order valence-corrected chi connectivity index (χ4v) is 2.02. The summed E-state index contributed by atoms with van der Waals surface area (Å²) in [5, 5.41) is 15.9. The van der Waals surface area contributed by atoms with Gasteiger partial charge >= 0.3 is 0 Å². The Bertz CT molecular complexity index is 852. The number of phenolic OH excluding ortho intramolecular Hbond substituents is 1. The molecule has 0 saturated heterocycles. The third-order valence-electron chi connectivity index (χ3n) is 3.19. The van der Waals surface area contributed by atoms with Gasteiger partial charge < -0.3 is 14.9 Å². The number of nitrogens with zero attached hydrogens (tertiary/aromatic N) is 3. The molecule has 0 spiro atoms. The van der Waals surface area contributed by atoms with Crippen LogP contribution < -0.4 is 5.32 Å². The van der Waals surface area contributed by atoms with Crippen molar-refractivity contribution in [2.75, 3.05) is 6.54 Å². The number of phenols is 1. The lowest BCUT2D eigenvalue weighted by atomic mass is 10.2. The number of pyridine rings is 1. The van der Waals surface area contributed by atoms with Gasteiger partial charge in [0, 0.05) is 19.2 Å². The first-order chi connectivity index (χ1) is 11.6. The lowest BCUT2D eigenvalue weighted by Gasteiger charge is -2.05. The van der Waals surface area contributed by atoms with Gasteiger partial charge in [0.15, 0.2) is 5.82 Å². The quantitative estimate of drug-likeness (QED) is 0.742. The Kier molecular flexibility index (Phi) is 4.46. The molecule has 0 aliphatic carbocycles. The number of aromatic hydroxyl groups is 1. The highest BCUT2D eigenvalue weighted by atomic mass is 19.1. The molecule has 0 fully saturated rings. The molecule has 1 aromatic carbocycles. The van der Waals surface area contributed by atoms with Crippen molar-refractivity contribution >= 4 is 5.91 Å². The predicted octanol–water partition coefficient (Wildman–Crippen LogP) is 1.95.